The Bertz CT molecular complexity index is 465. The fraction of sp³-hybridized carbons (Fsp3) is 0.562. The van der Waals surface area contributed by atoms with Crippen molar-refractivity contribution in [3.8, 4) is 0 Å². The van der Waals surface area contributed by atoms with E-state index in [9.17, 15) is 9.90 Å². The van der Waals surface area contributed by atoms with Gasteiger partial charge in [-0.25, -0.2) is 0 Å². The van der Waals surface area contributed by atoms with Gasteiger partial charge in [0.25, 0.3) is 0 Å². The minimum absolute atomic E-state index is 0.464. The van der Waals surface area contributed by atoms with Gasteiger partial charge < -0.3 is 10.0 Å². The van der Waals surface area contributed by atoms with Crippen molar-refractivity contribution in [2.45, 2.75) is 32.7 Å². The Kier molecular flexibility index (Phi) is 4.65. The highest BCUT2D eigenvalue weighted by Crippen LogP contribution is 2.28. The number of hydrogen-bond donors (Lipinski definition) is 1. The van der Waals surface area contributed by atoms with Gasteiger partial charge in [-0.2, -0.15) is 0 Å². The first-order valence-electron chi connectivity index (χ1n) is 7.31. The highest BCUT2D eigenvalue weighted by Gasteiger charge is 2.23. The maximum atomic E-state index is 11.2. The molecule has 0 amide bonds. The highest BCUT2D eigenvalue weighted by molar-refractivity contribution is 5.78. The Morgan fingerprint density at radius 2 is 1.70 bits per heavy atom. The summed E-state index contributed by atoms with van der Waals surface area (Å²) in [6.07, 6.45) is 0. The van der Waals surface area contributed by atoms with Crippen LogP contribution in [0.3, 0.4) is 0 Å². The first-order chi connectivity index (χ1) is 9.50. The smallest absolute Gasteiger partial charge is 0.310 e. The summed E-state index contributed by atoms with van der Waals surface area (Å²) >= 11 is 0. The summed E-state index contributed by atoms with van der Waals surface area (Å²) in [7, 11) is 0. The van der Waals surface area contributed by atoms with E-state index in [1.807, 2.05) is 24.3 Å². The Labute approximate surface area is 121 Å². The number of rotatable bonds is 4. The fourth-order valence-corrected chi connectivity index (χ4v) is 2.75. The number of anilines is 1. The third-order valence-electron chi connectivity index (χ3n) is 4.16. The van der Waals surface area contributed by atoms with Crippen molar-refractivity contribution in [1.82, 2.24) is 4.90 Å². The van der Waals surface area contributed by atoms with Gasteiger partial charge in [0.2, 0.25) is 0 Å². The minimum Gasteiger partial charge on any atom is -0.481 e. The summed E-state index contributed by atoms with van der Waals surface area (Å²) in [6, 6.07) is 8.46. The topological polar surface area (TPSA) is 43.8 Å². The Balaban J connectivity index is 2.16. The summed E-state index contributed by atoms with van der Waals surface area (Å²) in [6.45, 7) is 10.2. The van der Waals surface area contributed by atoms with Crippen LogP contribution >= 0.6 is 0 Å². The predicted octanol–water partition coefficient (Wildman–Crippen LogP) is 2.41. The lowest BCUT2D eigenvalue weighted by atomic mass is 9.98. The average molecular weight is 276 g/mol. The zero-order chi connectivity index (χ0) is 14.7. The molecule has 0 saturated carbocycles. The lowest BCUT2D eigenvalue weighted by Gasteiger charge is -2.39. The second kappa shape index (κ2) is 6.27. The van der Waals surface area contributed by atoms with E-state index in [1.165, 1.54) is 0 Å². The number of benzene rings is 1. The molecule has 110 valence electrons. The van der Waals surface area contributed by atoms with Crippen molar-refractivity contribution < 1.29 is 9.90 Å². The van der Waals surface area contributed by atoms with E-state index in [2.05, 4.69) is 23.6 Å². The first-order valence-corrected chi connectivity index (χ1v) is 7.31. The third-order valence-corrected chi connectivity index (χ3v) is 4.16. The molecule has 0 bridgehead atoms. The molecule has 1 atom stereocenters. The van der Waals surface area contributed by atoms with Gasteiger partial charge in [0.05, 0.1) is 5.92 Å². The van der Waals surface area contributed by atoms with Crippen molar-refractivity contribution in [1.29, 1.82) is 0 Å². The number of carbonyl (C=O) groups is 1. The van der Waals surface area contributed by atoms with E-state index in [1.54, 1.807) is 6.92 Å². The van der Waals surface area contributed by atoms with Gasteiger partial charge in [-0.3, -0.25) is 9.69 Å². The molecular weight excluding hydrogens is 252 g/mol. The van der Waals surface area contributed by atoms with Gasteiger partial charge in [0.1, 0.15) is 0 Å². The van der Waals surface area contributed by atoms with E-state index in [-0.39, 0.29) is 0 Å². The number of piperazine rings is 1. The molecule has 1 unspecified atom stereocenters. The van der Waals surface area contributed by atoms with Crippen molar-refractivity contribution in [2.75, 3.05) is 31.1 Å². The monoisotopic (exact) mass is 276 g/mol. The van der Waals surface area contributed by atoms with E-state index in [0.29, 0.717) is 6.04 Å². The number of aliphatic carboxylic acids is 1. The number of carboxylic acids is 1. The number of para-hydroxylation sites is 1. The Morgan fingerprint density at radius 3 is 2.25 bits per heavy atom. The van der Waals surface area contributed by atoms with Crippen LogP contribution in [0, 0.1) is 0 Å². The SMILES string of the molecule is CC(C(=O)O)c1ccccc1N1CCN(C(C)C)CC1. The molecule has 20 heavy (non-hydrogen) atoms. The van der Waals surface area contributed by atoms with Gasteiger partial charge in [0.15, 0.2) is 0 Å². The molecule has 0 aromatic heterocycles. The molecular formula is C16H24N2O2. The number of nitrogens with zero attached hydrogens (tertiary/aromatic N) is 2. The standard InChI is InChI=1S/C16H24N2O2/c1-12(2)17-8-10-18(11-9-17)15-7-5-4-6-14(15)13(3)16(19)20/h4-7,12-13H,8-11H2,1-3H3,(H,19,20). The molecule has 1 aliphatic heterocycles. The molecule has 1 N–H and O–H groups in total. The third kappa shape index (κ3) is 3.12. The van der Waals surface area contributed by atoms with Crippen LogP contribution in [0.1, 0.15) is 32.3 Å². The van der Waals surface area contributed by atoms with Gasteiger partial charge in [-0.05, 0) is 32.4 Å². The average Bonchev–Trinajstić information content (AvgIpc) is 2.46. The van der Waals surface area contributed by atoms with Crippen LogP contribution in [0.15, 0.2) is 24.3 Å². The van der Waals surface area contributed by atoms with Crippen LogP contribution in [0.5, 0.6) is 0 Å². The largest absolute Gasteiger partial charge is 0.481 e. The van der Waals surface area contributed by atoms with Crippen molar-refractivity contribution in [2.24, 2.45) is 0 Å². The van der Waals surface area contributed by atoms with Crippen LogP contribution in [-0.4, -0.2) is 48.2 Å². The van der Waals surface area contributed by atoms with Gasteiger partial charge in [-0.15, -0.1) is 0 Å². The summed E-state index contributed by atoms with van der Waals surface area (Å²) in [4.78, 5) is 16.0. The molecule has 1 aliphatic rings. The van der Waals surface area contributed by atoms with E-state index in [0.717, 1.165) is 37.4 Å². The Hall–Kier alpha value is -1.55. The van der Waals surface area contributed by atoms with Gasteiger partial charge in [0, 0.05) is 37.9 Å². The van der Waals surface area contributed by atoms with E-state index in [4.69, 9.17) is 0 Å². The minimum atomic E-state index is -0.765. The van der Waals surface area contributed by atoms with Crippen molar-refractivity contribution >= 4 is 11.7 Å². The first kappa shape index (κ1) is 14.9. The summed E-state index contributed by atoms with van der Waals surface area (Å²) in [5.74, 6) is -1.23. The molecule has 2 rings (SSSR count). The maximum Gasteiger partial charge on any atom is 0.310 e. The van der Waals surface area contributed by atoms with E-state index < -0.39 is 11.9 Å². The Morgan fingerprint density at radius 1 is 1.10 bits per heavy atom. The molecule has 0 spiro atoms. The molecule has 1 heterocycles. The van der Waals surface area contributed by atoms with E-state index >= 15 is 0 Å². The molecule has 1 saturated heterocycles. The maximum absolute atomic E-state index is 11.2. The second-order valence-corrected chi connectivity index (χ2v) is 5.74. The molecule has 4 nitrogen and oxygen atoms in total. The highest BCUT2D eigenvalue weighted by atomic mass is 16.4. The van der Waals surface area contributed by atoms with Crippen LogP contribution in [-0.2, 0) is 4.79 Å². The van der Waals surface area contributed by atoms with Gasteiger partial charge >= 0.3 is 5.97 Å². The second-order valence-electron chi connectivity index (χ2n) is 5.74. The lowest BCUT2D eigenvalue weighted by molar-refractivity contribution is -0.138. The lowest BCUT2D eigenvalue weighted by Crippen LogP contribution is -2.49. The zero-order valence-electron chi connectivity index (χ0n) is 12.5. The van der Waals surface area contributed by atoms with Crippen LogP contribution in [0.2, 0.25) is 0 Å². The molecule has 0 aliphatic carbocycles. The van der Waals surface area contributed by atoms with Crippen LogP contribution in [0.25, 0.3) is 0 Å². The zero-order valence-corrected chi connectivity index (χ0v) is 12.5. The molecule has 1 aromatic rings. The molecule has 4 heteroatoms. The van der Waals surface area contributed by atoms with Crippen molar-refractivity contribution in [3.63, 3.8) is 0 Å². The molecule has 1 fully saturated rings. The number of carboxylic acid groups (broad SMARTS) is 1. The summed E-state index contributed by atoms with van der Waals surface area (Å²) in [5, 5.41) is 9.25. The molecule has 0 radical (unpaired) electrons. The van der Waals surface area contributed by atoms with Gasteiger partial charge in [-0.1, -0.05) is 18.2 Å². The summed E-state index contributed by atoms with van der Waals surface area (Å²) in [5.41, 5.74) is 1.99. The molecule has 1 aromatic carbocycles. The van der Waals surface area contributed by atoms with Crippen LogP contribution < -0.4 is 4.90 Å². The predicted molar refractivity (Wildman–Crippen MR) is 81.4 cm³/mol. The van der Waals surface area contributed by atoms with Crippen LogP contribution in [0.4, 0.5) is 5.69 Å². The van der Waals surface area contributed by atoms with Crippen molar-refractivity contribution in [3.05, 3.63) is 29.8 Å². The number of hydrogen-bond acceptors (Lipinski definition) is 3. The fourth-order valence-electron chi connectivity index (χ4n) is 2.75. The normalized spacial score (nSPS) is 18.3. The summed E-state index contributed by atoms with van der Waals surface area (Å²) < 4.78 is 0. The quantitative estimate of drug-likeness (QED) is 0.917.